The highest BCUT2D eigenvalue weighted by Gasteiger charge is 2.07. The quantitative estimate of drug-likeness (QED) is 0.578. The molecule has 21 heavy (non-hydrogen) atoms. The van der Waals surface area contributed by atoms with Crippen LogP contribution in [0.25, 0.3) is 10.7 Å². The van der Waals surface area contributed by atoms with Gasteiger partial charge in [0.15, 0.2) is 0 Å². The van der Waals surface area contributed by atoms with Gasteiger partial charge in [0.25, 0.3) is 0 Å². The average Bonchev–Trinajstić information content (AvgIpc) is 2.94. The number of benzene rings is 1. The predicted molar refractivity (Wildman–Crippen MR) is 85.7 cm³/mol. The van der Waals surface area contributed by atoms with Gasteiger partial charge in [0, 0.05) is 27.9 Å². The van der Waals surface area contributed by atoms with E-state index in [1.54, 1.807) is 23.6 Å². The number of thiazole rings is 1. The fraction of sp³-hybridized carbons (Fsp3) is 0.0667. The topological polar surface area (TPSA) is 51.8 Å². The molecule has 0 aliphatic carbocycles. The van der Waals surface area contributed by atoms with E-state index in [1.807, 2.05) is 23.6 Å². The molecule has 2 heterocycles. The number of hydrogen-bond acceptors (Lipinski definition) is 5. The van der Waals surface area contributed by atoms with Crippen molar-refractivity contribution in [3.05, 3.63) is 59.5 Å². The molecule has 0 saturated heterocycles. The van der Waals surface area contributed by atoms with Gasteiger partial charge in [-0.25, -0.2) is 9.37 Å². The van der Waals surface area contributed by atoms with Crippen LogP contribution in [0.2, 0.25) is 0 Å². The van der Waals surface area contributed by atoms with Crippen LogP contribution in [0.1, 0.15) is 5.69 Å². The lowest BCUT2D eigenvalue weighted by Crippen LogP contribution is -1.88. The first kappa shape index (κ1) is 14.0. The second kappa shape index (κ2) is 6.24. The summed E-state index contributed by atoms with van der Waals surface area (Å²) in [6.45, 7) is 0. The molecule has 0 atom stereocenters. The normalized spacial score (nSPS) is 10.7. The van der Waals surface area contributed by atoms with Crippen LogP contribution in [0, 0.1) is 5.82 Å². The van der Waals surface area contributed by atoms with Crippen LogP contribution in [0.3, 0.4) is 0 Å². The monoisotopic (exact) mass is 317 g/mol. The molecule has 2 aromatic heterocycles. The summed E-state index contributed by atoms with van der Waals surface area (Å²) < 4.78 is 13.3. The maximum atomic E-state index is 13.3. The van der Waals surface area contributed by atoms with E-state index in [4.69, 9.17) is 5.73 Å². The van der Waals surface area contributed by atoms with Gasteiger partial charge in [0.2, 0.25) is 0 Å². The van der Waals surface area contributed by atoms with Crippen LogP contribution in [-0.2, 0) is 5.75 Å². The summed E-state index contributed by atoms with van der Waals surface area (Å²) in [7, 11) is 0. The molecule has 6 heteroatoms. The van der Waals surface area contributed by atoms with Crippen molar-refractivity contribution >= 4 is 28.8 Å². The van der Waals surface area contributed by atoms with Gasteiger partial charge in [-0.1, -0.05) is 6.07 Å². The third kappa shape index (κ3) is 3.59. The highest BCUT2D eigenvalue weighted by atomic mass is 32.2. The van der Waals surface area contributed by atoms with E-state index in [9.17, 15) is 4.39 Å². The van der Waals surface area contributed by atoms with Gasteiger partial charge < -0.3 is 5.73 Å². The molecule has 0 bridgehead atoms. The Bertz CT molecular complexity index is 723. The van der Waals surface area contributed by atoms with Gasteiger partial charge in [0.05, 0.1) is 11.4 Å². The van der Waals surface area contributed by atoms with Crippen LogP contribution in [0.4, 0.5) is 10.1 Å². The van der Waals surface area contributed by atoms with Gasteiger partial charge in [-0.3, -0.25) is 4.98 Å². The van der Waals surface area contributed by atoms with Crippen molar-refractivity contribution < 1.29 is 4.39 Å². The molecular weight excluding hydrogens is 305 g/mol. The summed E-state index contributed by atoms with van der Waals surface area (Å²) in [5.74, 6) is 0.358. The molecule has 0 saturated carbocycles. The van der Waals surface area contributed by atoms with E-state index in [2.05, 4.69) is 9.97 Å². The molecule has 3 nitrogen and oxygen atoms in total. The lowest BCUT2D eigenvalue weighted by molar-refractivity contribution is 0.625. The van der Waals surface area contributed by atoms with Crippen LogP contribution in [0.5, 0.6) is 0 Å². The number of rotatable bonds is 4. The molecule has 0 spiro atoms. The minimum atomic E-state index is -0.315. The summed E-state index contributed by atoms with van der Waals surface area (Å²) in [4.78, 5) is 9.63. The molecule has 106 valence electrons. The van der Waals surface area contributed by atoms with Crippen LogP contribution in [0.15, 0.2) is 52.9 Å². The Morgan fingerprint density at radius 2 is 2.14 bits per heavy atom. The summed E-state index contributed by atoms with van der Waals surface area (Å²) in [6.07, 6.45) is 1.75. The second-order valence-corrected chi connectivity index (χ2v) is 6.27. The van der Waals surface area contributed by atoms with Crippen LogP contribution >= 0.6 is 23.1 Å². The highest BCUT2D eigenvalue weighted by Crippen LogP contribution is 2.28. The van der Waals surface area contributed by atoms with Crippen LogP contribution < -0.4 is 5.73 Å². The number of nitrogens with two attached hydrogens (primary N) is 1. The minimum Gasteiger partial charge on any atom is -0.399 e. The number of aromatic nitrogens is 2. The van der Waals surface area contributed by atoms with Crippen LogP contribution in [-0.4, -0.2) is 9.97 Å². The van der Waals surface area contributed by atoms with Crippen molar-refractivity contribution in [2.45, 2.75) is 10.6 Å². The third-order valence-corrected chi connectivity index (χ3v) is 4.64. The largest absolute Gasteiger partial charge is 0.399 e. The molecule has 0 aliphatic rings. The number of hydrogen-bond donors (Lipinski definition) is 1. The molecular formula is C15H12FN3S2. The zero-order valence-corrected chi connectivity index (χ0v) is 12.6. The molecule has 2 N–H and O–H groups in total. The lowest BCUT2D eigenvalue weighted by atomic mass is 10.3. The number of thioether (sulfide) groups is 1. The fourth-order valence-electron chi connectivity index (χ4n) is 1.81. The Labute approximate surface area is 130 Å². The van der Waals surface area contributed by atoms with E-state index in [0.29, 0.717) is 11.4 Å². The van der Waals surface area contributed by atoms with E-state index < -0.39 is 0 Å². The van der Waals surface area contributed by atoms with Gasteiger partial charge >= 0.3 is 0 Å². The Morgan fingerprint density at radius 1 is 1.24 bits per heavy atom. The van der Waals surface area contributed by atoms with E-state index >= 15 is 0 Å². The first-order valence-electron chi connectivity index (χ1n) is 6.25. The Morgan fingerprint density at radius 3 is 2.90 bits per heavy atom. The van der Waals surface area contributed by atoms with E-state index in [-0.39, 0.29) is 5.82 Å². The standard InChI is InChI=1S/C15H12FN3S2/c16-10-5-11(17)7-13(6-10)20-8-12-9-21-15(19-12)14-3-1-2-4-18-14/h1-7,9H,8,17H2. The van der Waals surface area contributed by atoms with E-state index in [0.717, 1.165) is 21.3 Å². The second-order valence-electron chi connectivity index (χ2n) is 4.37. The van der Waals surface area contributed by atoms with Gasteiger partial charge in [-0.2, -0.15) is 0 Å². The first-order chi connectivity index (χ1) is 10.2. The van der Waals surface area contributed by atoms with E-state index in [1.165, 1.54) is 23.9 Å². The maximum absolute atomic E-state index is 13.3. The Hall–Kier alpha value is -1.92. The summed E-state index contributed by atoms with van der Waals surface area (Å²) in [6, 6.07) is 10.3. The lowest BCUT2D eigenvalue weighted by Gasteiger charge is -2.01. The Balaban J connectivity index is 1.70. The fourth-order valence-corrected chi connectivity index (χ4v) is 3.58. The summed E-state index contributed by atoms with van der Waals surface area (Å²) >= 11 is 3.07. The molecule has 0 unspecified atom stereocenters. The number of pyridine rings is 1. The third-order valence-electron chi connectivity index (χ3n) is 2.72. The van der Waals surface area contributed by atoms with Crippen molar-refractivity contribution in [1.29, 1.82) is 0 Å². The molecule has 1 aromatic carbocycles. The van der Waals surface area contributed by atoms with Crippen molar-refractivity contribution in [2.24, 2.45) is 0 Å². The molecule has 3 aromatic rings. The summed E-state index contributed by atoms with van der Waals surface area (Å²) in [5.41, 5.74) is 7.89. The van der Waals surface area contributed by atoms with Gasteiger partial charge in [-0.15, -0.1) is 23.1 Å². The minimum absolute atomic E-state index is 0.315. The van der Waals surface area contributed by atoms with Gasteiger partial charge in [-0.05, 0) is 30.3 Å². The molecule has 0 fully saturated rings. The highest BCUT2D eigenvalue weighted by molar-refractivity contribution is 7.98. The number of anilines is 1. The number of nitrogen functional groups attached to an aromatic ring is 1. The molecule has 0 aliphatic heterocycles. The van der Waals surface area contributed by atoms with Gasteiger partial charge in [0.1, 0.15) is 10.8 Å². The predicted octanol–water partition coefficient (Wildman–Crippen LogP) is 4.22. The smallest absolute Gasteiger partial charge is 0.142 e. The molecule has 0 radical (unpaired) electrons. The number of halogens is 1. The number of nitrogens with zero attached hydrogens (tertiary/aromatic N) is 2. The molecule has 3 rings (SSSR count). The summed E-state index contributed by atoms with van der Waals surface area (Å²) in [5, 5.41) is 2.89. The maximum Gasteiger partial charge on any atom is 0.142 e. The first-order valence-corrected chi connectivity index (χ1v) is 8.12. The average molecular weight is 317 g/mol. The zero-order chi connectivity index (χ0) is 14.7. The van der Waals surface area contributed by atoms with Crippen molar-refractivity contribution in [2.75, 3.05) is 5.73 Å². The SMILES string of the molecule is Nc1cc(F)cc(SCc2csc(-c3ccccn3)n2)c1. The van der Waals surface area contributed by atoms with Crippen molar-refractivity contribution in [3.63, 3.8) is 0 Å². The van der Waals surface area contributed by atoms with Crippen molar-refractivity contribution in [1.82, 2.24) is 9.97 Å². The zero-order valence-electron chi connectivity index (χ0n) is 11.0. The Kier molecular flexibility index (Phi) is 4.17. The van der Waals surface area contributed by atoms with Crippen molar-refractivity contribution in [3.8, 4) is 10.7 Å². The molecule has 0 amide bonds.